The number of morpholine rings is 1. The molecule has 0 radical (unpaired) electrons. The lowest BCUT2D eigenvalue weighted by atomic mass is 9.98. The summed E-state index contributed by atoms with van der Waals surface area (Å²) >= 11 is 6.04. The molecule has 1 fully saturated rings. The summed E-state index contributed by atoms with van der Waals surface area (Å²) in [5, 5.41) is 22.6. The van der Waals surface area contributed by atoms with Gasteiger partial charge in [0.25, 0.3) is 0 Å². The van der Waals surface area contributed by atoms with Gasteiger partial charge in [-0.1, -0.05) is 22.8 Å². The minimum absolute atomic E-state index is 0. The summed E-state index contributed by atoms with van der Waals surface area (Å²) in [6, 6.07) is 5.43. The quantitative estimate of drug-likeness (QED) is 0.293. The third-order valence-corrected chi connectivity index (χ3v) is 3.93. The highest BCUT2D eigenvalue weighted by Crippen LogP contribution is 2.19. The van der Waals surface area contributed by atoms with Crippen LogP contribution in [0.2, 0.25) is 5.02 Å². The number of halogens is 3. The normalized spacial score (nSPS) is 16.8. The molecular formula is C15H24Cl3N3O3. The van der Waals surface area contributed by atoms with Crippen LogP contribution in [0.15, 0.2) is 23.4 Å². The molecule has 9 heteroatoms. The van der Waals surface area contributed by atoms with Gasteiger partial charge in [0.15, 0.2) is 0 Å². The Hall–Kier alpha value is -0.760. The molecule has 0 spiro atoms. The van der Waals surface area contributed by atoms with Crippen molar-refractivity contribution in [3.63, 3.8) is 0 Å². The smallest absolute Gasteiger partial charge is 0.143 e. The van der Waals surface area contributed by atoms with E-state index < -0.39 is 6.10 Å². The largest absolute Gasteiger partial charge is 0.409 e. The highest BCUT2D eigenvalue weighted by molar-refractivity contribution is 6.30. The van der Waals surface area contributed by atoms with Crippen molar-refractivity contribution in [3.8, 4) is 0 Å². The van der Waals surface area contributed by atoms with Crippen molar-refractivity contribution in [2.75, 3.05) is 32.8 Å². The van der Waals surface area contributed by atoms with E-state index in [1.54, 1.807) is 6.07 Å². The molecule has 1 aliphatic rings. The standard InChI is InChI=1S/C15H22ClN3O3.2ClH/c16-13-2-1-11(9-15(17)18-21)12(7-13)8-14(20)10-19-3-5-22-6-4-19;;/h1-2,7,14,20-21H,3-6,8-10H2,(H2,17,18);2*1H. The molecule has 6 nitrogen and oxygen atoms in total. The zero-order valence-corrected chi connectivity index (χ0v) is 15.6. The first-order valence-electron chi connectivity index (χ1n) is 7.30. The molecular weight excluding hydrogens is 377 g/mol. The van der Waals surface area contributed by atoms with Crippen molar-refractivity contribution in [2.45, 2.75) is 18.9 Å². The number of β-amino-alcohol motifs (C(OH)–C–C–N with tert-alkyl or cyclic N) is 1. The van der Waals surface area contributed by atoms with Gasteiger partial charge in [0.05, 0.1) is 19.3 Å². The lowest BCUT2D eigenvalue weighted by molar-refractivity contribution is 0.0149. The van der Waals surface area contributed by atoms with Crippen LogP contribution in [0.1, 0.15) is 11.1 Å². The van der Waals surface area contributed by atoms with E-state index in [0.29, 0.717) is 37.6 Å². The summed E-state index contributed by atoms with van der Waals surface area (Å²) in [6.07, 6.45) is 0.307. The van der Waals surface area contributed by atoms with Crippen molar-refractivity contribution in [1.29, 1.82) is 0 Å². The van der Waals surface area contributed by atoms with Crippen LogP contribution in [-0.2, 0) is 17.6 Å². The fourth-order valence-electron chi connectivity index (χ4n) is 2.59. The van der Waals surface area contributed by atoms with Crippen molar-refractivity contribution in [2.24, 2.45) is 10.9 Å². The van der Waals surface area contributed by atoms with Gasteiger partial charge >= 0.3 is 0 Å². The molecule has 0 aromatic heterocycles. The first-order chi connectivity index (χ1) is 10.6. The molecule has 1 heterocycles. The van der Waals surface area contributed by atoms with Gasteiger partial charge in [0.1, 0.15) is 5.84 Å². The zero-order chi connectivity index (χ0) is 15.9. The van der Waals surface area contributed by atoms with E-state index in [1.807, 2.05) is 12.1 Å². The summed E-state index contributed by atoms with van der Waals surface area (Å²) in [6.45, 7) is 3.68. The Morgan fingerprint density at radius 2 is 1.96 bits per heavy atom. The van der Waals surface area contributed by atoms with Crippen LogP contribution < -0.4 is 5.73 Å². The Balaban J connectivity index is 0.00000264. The summed E-state index contributed by atoms with van der Waals surface area (Å²) in [5.74, 6) is 0.131. The third-order valence-electron chi connectivity index (χ3n) is 3.70. The molecule has 0 amide bonds. The summed E-state index contributed by atoms with van der Waals surface area (Å²) < 4.78 is 5.30. The second-order valence-corrected chi connectivity index (χ2v) is 5.89. The number of benzene rings is 1. The van der Waals surface area contributed by atoms with E-state index in [1.165, 1.54) is 0 Å². The first kappa shape index (κ1) is 23.2. The van der Waals surface area contributed by atoms with Gasteiger partial charge in [-0.3, -0.25) is 4.90 Å². The number of aliphatic hydroxyl groups excluding tert-OH is 1. The number of oxime groups is 1. The van der Waals surface area contributed by atoms with Gasteiger partial charge in [0, 0.05) is 31.1 Å². The summed E-state index contributed by atoms with van der Waals surface area (Å²) in [5.41, 5.74) is 7.39. The molecule has 0 aliphatic carbocycles. The molecule has 1 aliphatic heterocycles. The first-order valence-corrected chi connectivity index (χ1v) is 7.68. The molecule has 1 saturated heterocycles. The topological polar surface area (TPSA) is 91.3 Å². The molecule has 1 aromatic carbocycles. The van der Waals surface area contributed by atoms with Crippen LogP contribution in [0.4, 0.5) is 0 Å². The fourth-order valence-corrected chi connectivity index (χ4v) is 2.78. The van der Waals surface area contributed by atoms with E-state index in [-0.39, 0.29) is 30.6 Å². The average Bonchev–Trinajstić information content (AvgIpc) is 2.50. The molecule has 1 unspecified atom stereocenters. The van der Waals surface area contributed by atoms with Crippen molar-refractivity contribution >= 4 is 42.3 Å². The highest BCUT2D eigenvalue weighted by atomic mass is 35.5. The van der Waals surface area contributed by atoms with E-state index in [4.69, 9.17) is 27.3 Å². The lowest BCUT2D eigenvalue weighted by Crippen LogP contribution is -2.41. The maximum absolute atomic E-state index is 10.3. The zero-order valence-electron chi connectivity index (χ0n) is 13.2. The maximum Gasteiger partial charge on any atom is 0.143 e. The SMILES string of the molecule is Cl.Cl.NC(Cc1ccc(Cl)cc1CC(O)CN1CCOCC1)=NO. The fraction of sp³-hybridized carbons (Fsp3) is 0.533. The molecule has 1 atom stereocenters. The van der Waals surface area contributed by atoms with Crippen LogP contribution in [0.5, 0.6) is 0 Å². The predicted molar refractivity (Wildman–Crippen MR) is 100 cm³/mol. The third kappa shape index (κ3) is 7.42. The van der Waals surface area contributed by atoms with Gasteiger partial charge in [-0.2, -0.15) is 0 Å². The number of nitrogens with zero attached hydrogens (tertiary/aromatic N) is 2. The van der Waals surface area contributed by atoms with E-state index in [9.17, 15) is 5.11 Å². The van der Waals surface area contributed by atoms with Gasteiger partial charge in [-0.15, -0.1) is 24.8 Å². The second kappa shape index (κ2) is 11.7. The Morgan fingerprint density at radius 3 is 2.58 bits per heavy atom. The Bertz CT molecular complexity index is 526. The Labute approximate surface area is 159 Å². The summed E-state index contributed by atoms with van der Waals surface area (Å²) in [7, 11) is 0. The monoisotopic (exact) mass is 399 g/mol. The minimum Gasteiger partial charge on any atom is -0.409 e. The molecule has 2 rings (SSSR count). The van der Waals surface area contributed by atoms with E-state index in [2.05, 4.69) is 10.1 Å². The van der Waals surface area contributed by atoms with Crippen LogP contribution in [0, 0.1) is 0 Å². The number of nitrogens with two attached hydrogens (primary N) is 1. The Kier molecular flexibility index (Phi) is 11.4. The van der Waals surface area contributed by atoms with Gasteiger partial charge in [-0.05, 0) is 29.7 Å². The van der Waals surface area contributed by atoms with E-state index >= 15 is 0 Å². The molecule has 24 heavy (non-hydrogen) atoms. The van der Waals surface area contributed by atoms with Crippen LogP contribution >= 0.6 is 36.4 Å². The van der Waals surface area contributed by atoms with Gasteiger partial charge in [0.2, 0.25) is 0 Å². The van der Waals surface area contributed by atoms with Crippen LogP contribution in [-0.4, -0.2) is 60.0 Å². The van der Waals surface area contributed by atoms with Crippen molar-refractivity contribution in [1.82, 2.24) is 4.90 Å². The highest BCUT2D eigenvalue weighted by Gasteiger charge is 2.17. The van der Waals surface area contributed by atoms with Gasteiger partial charge in [-0.25, -0.2) is 0 Å². The van der Waals surface area contributed by atoms with Crippen LogP contribution in [0.25, 0.3) is 0 Å². The van der Waals surface area contributed by atoms with Gasteiger partial charge < -0.3 is 20.8 Å². The van der Waals surface area contributed by atoms with Crippen LogP contribution in [0.3, 0.4) is 0 Å². The number of aliphatic hydroxyl groups is 1. The minimum atomic E-state index is -0.498. The second-order valence-electron chi connectivity index (χ2n) is 5.45. The Morgan fingerprint density at radius 1 is 1.29 bits per heavy atom. The van der Waals surface area contributed by atoms with Crippen molar-refractivity contribution in [3.05, 3.63) is 34.3 Å². The number of amidine groups is 1. The van der Waals surface area contributed by atoms with E-state index in [0.717, 1.165) is 24.2 Å². The lowest BCUT2D eigenvalue weighted by Gasteiger charge is -2.28. The maximum atomic E-state index is 10.3. The molecule has 4 N–H and O–H groups in total. The van der Waals surface area contributed by atoms with Crippen molar-refractivity contribution < 1.29 is 15.1 Å². The predicted octanol–water partition coefficient (Wildman–Crippen LogP) is 1.71. The number of hydrogen-bond acceptors (Lipinski definition) is 5. The molecule has 0 bridgehead atoms. The molecule has 1 aromatic rings. The average molecular weight is 401 g/mol. The molecule has 138 valence electrons. The number of rotatable bonds is 6. The number of ether oxygens (including phenoxy) is 1. The summed E-state index contributed by atoms with van der Waals surface area (Å²) in [4.78, 5) is 2.18. The number of hydrogen-bond donors (Lipinski definition) is 3. The molecule has 0 saturated carbocycles.